The van der Waals surface area contributed by atoms with Crippen molar-refractivity contribution in [1.29, 1.82) is 0 Å². The first-order valence-electron chi connectivity index (χ1n) is 7.69. The molecule has 0 heterocycles. The summed E-state index contributed by atoms with van der Waals surface area (Å²) >= 11 is 0. The van der Waals surface area contributed by atoms with Crippen LogP contribution >= 0.6 is 0 Å². The van der Waals surface area contributed by atoms with Gasteiger partial charge in [-0.05, 0) is 57.2 Å². The molecule has 1 rings (SSSR count). The summed E-state index contributed by atoms with van der Waals surface area (Å²) in [6, 6.07) is 5.26. The number of ether oxygens (including phenoxy) is 1. The van der Waals surface area contributed by atoms with Gasteiger partial charge in [-0.1, -0.05) is 19.9 Å². The molecule has 1 aromatic rings. The lowest BCUT2D eigenvalue weighted by Crippen LogP contribution is -2.19. The second-order valence-electron chi connectivity index (χ2n) is 6.16. The van der Waals surface area contributed by atoms with Crippen LogP contribution in [0, 0.1) is 11.7 Å². The molecule has 120 valence electrons. The summed E-state index contributed by atoms with van der Waals surface area (Å²) in [5, 5.41) is 3.37. The molecule has 0 saturated heterocycles. The Labute approximate surface area is 128 Å². The Hall–Kier alpha value is -0.970. The smallest absolute Gasteiger partial charge is 0.128 e. The summed E-state index contributed by atoms with van der Waals surface area (Å²) in [4.78, 5) is 2.12. The predicted octanol–water partition coefficient (Wildman–Crippen LogP) is 3.04. The lowest BCUT2D eigenvalue weighted by Gasteiger charge is -2.11. The largest absolute Gasteiger partial charge is 0.377 e. The van der Waals surface area contributed by atoms with Crippen molar-refractivity contribution in [1.82, 2.24) is 10.2 Å². The molecule has 1 N–H and O–H groups in total. The molecule has 0 radical (unpaired) electrons. The molecule has 0 aliphatic carbocycles. The van der Waals surface area contributed by atoms with Crippen LogP contribution < -0.4 is 5.32 Å². The molecule has 3 nitrogen and oxygen atoms in total. The number of hydrogen-bond donors (Lipinski definition) is 1. The van der Waals surface area contributed by atoms with E-state index in [0.29, 0.717) is 24.7 Å². The minimum absolute atomic E-state index is 0.185. The van der Waals surface area contributed by atoms with Crippen LogP contribution in [-0.2, 0) is 17.9 Å². The summed E-state index contributed by atoms with van der Waals surface area (Å²) in [7, 11) is 4.07. The van der Waals surface area contributed by atoms with Gasteiger partial charge in [0.25, 0.3) is 0 Å². The molecule has 0 atom stereocenters. The third kappa shape index (κ3) is 8.15. The zero-order chi connectivity index (χ0) is 15.7. The quantitative estimate of drug-likeness (QED) is 0.672. The van der Waals surface area contributed by atoms with Crippen LogP contribution in [0.25, 0.3) is 0 Å². The van der Waals surface area contributed by atoms with E-state index in [9.17, 15) is 4.39 Å². The van der Waals surface area contributed by atoms with Gasteiger partial charge in [-0.25, -0.2) is 4.39 Å². The Morgan fingerprint density at radius 2 is 2.05 bits per heavy atom. The van der Waals surface area contributed by atoms with Crippen molar-refractivity contribution in [3.8, 4) is 0 Å². The maximum Gasteiger partial charge on any atom is 0.128 e. The number of halogens is 1. The van der Waals surface area contributed by atoms with Crippen LogP contribution in [0.3, 0.4) is 0 Å². The van der Waals surface area contributed by atoms with E-state index in [0.717, 1.165) is 31.6 Å². The molecule has 0 spiro atoms. The SMILES string of the molecule is CC(C)CNCc1ccc(F)c(COCCCN(C)C)c1. The summed E-state index contributed by atoms with van der Waals surface area (Å²) in [6.45, 7) is 8.07. The third-order valence-corrected chi connectivity index (χ3v) is 3.14. The maximum absolute atomic E-state index is 13.7. The summed E-state index contributed by atoms with van der Waals surface area (Å²) < 4.78 is 19.3. The van der Waals surface area contributed by atoms with Crippen molar-refractivity contribution in [2.45, 2.75) is 33.4 Å². The van der Waals surface area contributed by atoms with E-state index in [1.54, 1.807) is 0 Å². The van der Waals surface area contributed by atoms with Crippen LogP contribution in [0.4, 0.5) is 4.39 Å². The van der Waals surface area contributed by atoms with Crippen LogP contribution in [0.1, 0.15) is 31.4 Å². The molecular formula is C17H29FN2O. The molecule has 0 aromatic heterocycles. The Balaban J connectivity index is 2.38. The minimum Gasteiger partial charge on any atom is -0.377 e. The molecule has 4 heteroatoms. The molecule has 1 aromatic carbocycles. The van der Waals surface area contributed by atoms with E-state index in [1.807, 2.05) is 26.2 Å². The third-order valence-electron chi connectivity index (χ3n) is 3.14. The molecule has 0 amide bonds. The fraction of sp³-hybridized carbons (Fsp3) is 0.647. The van der Waals surface area contributed by atoms with Gasteiger partial charge >= 0.3 is 0 Å². The van der Waals surface area contributed by atoms with Gasteiger partial charge in [0, 0.05) is 18.7 Å². The van der Waals surface area contributed by atoms with Crippen molar-refractivity contribution < 1.29 is 9.13 Å². The highest BCUT2D eigenvalue weighted by Crippen LogP contribution is 2.12. The number of benzene rings is 1. The van der Waals surface area contributed by atoms with Gasteiger partial charge < -0.3 is 15.0 Å². The van der Waals surface area contributed by atoms with Crippen LogP contribution in [0.5, 0.6) is 0 Å². The van der Waals surface area contributed by atoms with E-state index in [2.05, 4.69) is 24.1 Å². The monoisotopic (exact) mass is 296 g/mol. The second-order valence-corrected chi connectivity index (χ2v) is 6.16. The Bertz CT molecular complexity index is 408. The van der Waals surface area contributed by atoms with Crippen molar-refractivity contribution in [2.24, 2.45) is 5.92 Å². The summed E-state index contributed by atoms with van der Waals surface area (Å²) in [5.74, 6) is 0.431. The lowest BCUT2D eigenvalue weighted by molar-refractivity contribution is 0.111. The average molecular weight is 296 g/mol. The van der Waals surface area contributed by atoms with Gasteiger partial charge in [0.2, 0.25) is 0 Å². The normalized spacial score (nSPS) is 11.6. The van der Waals surface area contributed by atoms with E-state index < -0.39 is 0 Å². The molecule has 0 aliphatic rings. The van der Waals surface area contributed by atoms with E-state index in [1.165, 1.54) is 6.07 Å². The first kappa shape index (κ1) is 18.1. The lowest BCUT2D eigenvalue weighted by atomic mass is 10.1. The molecule has 21 heavy (non-hydrogen) atoms. The Morgan fingerprint density at radius 3 is 2.71 bits per heavy atom. The highest BCUT2D eigenvalue weighted by Gasteiger charge is 2.04. The van der Waals surface area contributed by atoms with E-state index in [-0.39, 0.29) is 5.82 Å². The second kappa shape index (κ2) is 9.87. The van der Waals surface area contributed by atoms with Gasteiger partial charge in [-0.2, -0.15) is 0 Å². The molecule has 0 fully saturated rings. The number of rotatable bonds is 10. The van der Waals surface area contributed by atoms with Crippen molar-refractivity contribution in [3.63, 3.8) is 0 Å². The highest BCUT2D eigenvalue weighted by molar-refractivity contribution is 5.24. The van der Waals surface area contributed by atoms with E-state index in [4.69, 9.17) is 4.74 Å². The molecule has 0 saturated carbocycles. The number of nitrogens with one attached hydrogen (secondary N) is 1. The molecule has 0 bridgehead atoms. The van der Waals surface area contributed by atoms with Gasteiger partial charge in [0.15, 0.2) is 0 Å². The van der Waals surface area contributed by atoms with Gasteiger partial charge in [0.1, 0.15) is 5.82 Å². The minimum atomic E-state index is -0.185. The zero-order valence-electron chi connectivity index (χ0n) is 13.8. The Kier molecular flexibility index (Phi) is 8.50. The van der Waals surface area contributed by atoms with Crippen LogP contribution in [-0.4, -0.2) is 38.7 Å². The van der Waals surface area contributed by atoms with Crippen molar-refractivity contribution >= 4 is 0 Å². The number of nitrogens with zero attached hydrogens (tertiary/aromatic N) is 1. The average Bonchev–Trinajstić information content (AvgIpc) is 2.40. The Morgan fingerprint density at radius 1 is 1.29 bits per heavy atom. The van der Waals surface area contributed by atoms with Crippen LogP contribution in [0.15, 0.2) is 18.2 Å². The fourth-order valence-corrected chi connectivity index (χ4v) is 2.02. The highest BCUT2D eigenvalue weighted by atomic mass is 19.1. The summed E-state index contributed by atoms with van der Waals surface area (Å²) in [6.07, 6.45) is 0.963. The van der Waals surface area contributed by atoms with Gasteiger partial charge in [-0.3, -0.25) is 0 Å². The van der Waals surface area contributed by atoms with E-state index >= 15 is 0 Å². The van der Waals surface area contributed by atoms with Gasteiger partial charge in [0.05, 0.1) is 6.61 Å². The number of hydrogen-bond acceptors (Lipinski definition) is 3. The topological polar surface area (TPSA) is 24.5 Å². The van der Waals surface area contributed by atoms with Gasteiger partial charge in [-0.15, -0.1) is 0 Å². The molecule has 0 unspecified atom stereocenters. The first-order valence-corrected chi connectivity index (χ1v) is 7.69. The predicted molar refractivity (Wildman–Crippen MR) is 85.8 cm³/mol. The van der Waals surface area contributed by atoms with Crippen molar-refractivity contribution in [3.05, 3.63) is 35.1 Å². The molecular weight excluding hydrogens is 267 g/mol. The zero-order valence-corrected chi connectivity index (χ0v) is 13.8. The van der Waals surface area contributed by atoms with Crippen LogP contribution in [0.2, 0.25) is 0 Å². The summed E-state index contributed by atoms with van der Waals surface area (Å²) in [5.41, 5.74) is 1.74. The fourth-order valence-electron chi connectivity index (χ4n) is 2.02. The van der Waals surface area contributed by atoms with Crippen molar-refractivity contribution in [2.75, 3.05) is 33.8 Å². The molecule has 0 aliphatic heterocycles. The maximum atomic E-state index is 13.7. The first-order chi connectivity index (χ1) is 9.99. The standard InChI is InChI=1S/C17H29FN2O/c1-14(2)11-19-12-15-6-7-17(18)16(10-15)13-21-9-5-8-20(3)4/h6-7,10,14,19H,5,8-9,11-13H2,1-4H3.